The molecule has 5 heteroatoms. The van der Waals surface area contributed by atoms with Gasteiger partial charge in [-0.05, 0) is 61.7 Å². The van der Waals surface area contributed by atoms with E-state index in [-0.39, 0.29) is 30.4 Å². The van der Waals surface area contributed by atoms with E-state index in [2.05, 4.69) is 42.6 Å². The predicted octanol–water partition coefficient (Wildman–Crippen LogP) is 5.40. The van der Waals surface area contributed by atoms with Crippen LogP contribution in [-0.4, -0.2) is 40.7 Å². The molecule has 2 aromatic carbocycles. The highest BCUT2D eigenvalue weighted by atomic mass is 32.1. The first-order valence-electron chi connectivity index (χ1n) is 11.7. The second-order valence-corrected chi connectivity index (χ2v) is 10.1. The van der Waals surface area contributed by atoms with Crippen molar-refractivity contribution in [3.05, 3.63) is 93.2 Å². The van der Waals surface area contributed by atoms with E-state index >= 15 is 0 Å². The lowest BCUT2D eigenvalue weighted by Crippen LogP contribution is -2.48. The van der Waals surface area contributed by atoms with Crippen LogP contribution in [-0.2, 0) is 22.4 Å². The van der Waals surface area contributed by atoms with Gasteiger partial charge in [-0.2, -0.15) is 0 Å². The Morgan fingerprint density at radius 1 is 1.06 bits per heavy atom. The van der Waals surface area contributed by atoms with Gasteiger partial charge in [0.25, 0.3) is 0 Å². The van der Waals surface area contributed by atoms with Crippen molar-refractivity contribution in [2.75, 3.05) is 13.1 Å². The lowest BCUT2D eigenvalue weighted by Gasteiger charge is -2.38. The number of thiophene rings is 1. The molecule has 0 saturated heterocycles. The molecule has 0 radical (unpaired) electrons. The molecule has 3 aromatic rings. The first-order valence-corrected chi connectivity index (χ1v) is 12.6. The molecule has 172 valence electrons. The quantitative estimate of drug-likeness (QED) is 0.474. The lowest BCUT2D eigenvalue weighted by molar-refractivity contribution is -0.143. The fraction of sp³-hybridized carbons (Fsp3) is 0.357. The normalized spacial score (nSPS) is 15.4. The third kappa shape index (κ3) is 5.36. The molecule has 0 bridgehead atoms. The van der Waals surface area contributed by atoms with E-state index in [4.69, 9.17) is 0 Å². The van der Waals surface area contributed by atoms with E-state index in [0.29, 0.717) is 19.4 Å². The number of aryl methyl sites for hydroxylation is 2. The molecular weight excluding hydrogens is 428 g/mol. The van der Waals surface area contributed by atoms with Crippen molar-refractivity contribution in [3.8, 4) is 0 Å². The van der Waals surface area contributed by atoms with Crippen molar-refractivity contribution in [1.29, 1.82) is 0 Å². The SMILES string of the molecule is Cc1ccc(C2c3ccsc3CCN2C(=O)CN(C(=O)CCc2ccccc2)C(C)C)cc1. The predicted molar refractivity (Wildman–Crippen MR) is 134 cm³/mol. The maximum atomic E-state index is 13.6. The van der Waals surface area contributed by atoms with Crippen molar-refractivity contribution in [3.63, 3.8) is 0 Å². The van der Waals surface area contributed by atoms with Crippen LogP contribution in [0.5, 0.6) is 0 Å². The summed E-state index contributed by atoms with van der Waals surface area (Å²) in [6, 6.07) is 20.5. The number of hydrogen-bond donors (Lipinski definition) is 0. The fourth-order valence-electron chi connectivity index (χ4n) is 4.53. The summed E-state index contributed by atoms with van der Waals surface area (Å²) >= 11 is 1.77. The summed E-state index contributed by atoms with van der Waals surface area (Å²) in [5.41, 5.74) is 4.68. The van der Waals surface area contributed by atoms with Crippen LogP contribution in [0.1, 0.15) is 53.4 Å². The van der Waals surface area contributed by atoms with Crippen LogP contribution in [0.4, 0.5) is 0 Å². The van der Waals surface area contributed by atoms with Crippen LogP contribution >= 0.6 is 11.3 Å². The first-order chi connectivity index (χ1) is 15.9. The topological polar surface area (TPSA) is 40.6 Å². The Morgan fingerprint density at radius 3 is 2.48 bits per heavy atom. The molecule has 4 rings (SSSR count). The zero-order chi connectivity index (χ0) is 23.4. The highest BCUT2D eigenvalue weighted by molar-refractivity contribution is 7.10. The van der Waals surface area contributed by atoms with Gasteiger partial charge in [-0.25, -0.2) is 0 Å². The second kappa shape index (κ2) is 10.3. The van der Waals surface area contributed by atoms with E-state index in [1.807, 2.05) is 49.1 Å². The minimum atomic E-state index is -0.0958. The highest BCUT2D eigenvalue weighted by Gasteiger charge is 2.34. The molecule has 0 fully saturated rings. The van der Waals surface area contributed by atoms with Crippen molar-refractivity contribution < 1.29 is 9.59 Å². The Hall–Kier alpha value is -2.92. The molecule has 2 amide bonds. The van der Waals surface area contributed by atoms with Gasteiger partial charge in [0.2, 0.25) is 11.8 Å². The number of fused-ring (bicyclic) bond motifs is 1. The van der Waals surface area contributed by atoms with Crippen molar-refractivity contribution in [2.45, 2.75) is 52.1 Å². The molecule has 0 spiro atoms. The molecule has 1 aromatic heterocycles. The summed E-state index contributed by atoms with van der Waals surface area (Å²) < 4.78 is 0. The van der Waals surface area contributed by atoms with Gasteiger partial charge in [0.05, 0.1) is 6.04 Å². The van der Waals surface area contributed by atoms with Crippen LogP contribution in [0.3, 0.4) is 0 Å². The monoisotopic (exact) mass is 460 g/mol. The maximum Gasteiger partial charge on any atom is 0.243 e. The van der Waals surface area contributed by atoms with Crippen LogP contribution in [0.2, 0.25) is 0 Å². The van der Waals surface area contributed by atoms with Crippen molar-refractivity contribution in [1.82, 2.24) is 9.80 Å². The Morgan fingerprint density at radius 2 is 1.79 bits per heavy atom. The number of carbonyl (C=O) groups excluding carboxylic acids is 2. The number of benzene rings is 2. The third-order valence-electron chi connectivity index (χ3n) is 6.40. The van der Waals surface area contributed by atoms with Gasteiger partial charge < -0.3 is 9.80 Å². The molecule has 0 aliphatic carbocycles. The summed E-state index contributed by atoms with van der Waals surface area (Å²) in [7, 11) is 0. The highest BCUT2D eigenvalue weighted by Crippen LogP contribution is 2.38. The molecular formula is C28H32N2O2S. The molecule has 0 saturated carbocycles. The molecule has 0 N–H and O–H groups in total. The van der Waals surface area contributed by atoms with Crippen molar-refractivity contribution >= 4 is 23.2 Å². The van der Waals surface area contributed by atoms with Crippen LogP contribution in [0.25, 0.3) is 0 Å². The zero-order valence-electron chi connectivity index (χ0n) is 19.7. The minimum absolute atomic E-state index is 0.0131. The smallest absolute Gasteiger partial charge is 0.243 e. The van der Waals surface area contributed by atoms with E-state index in [1.54, 1.807) is 16.2 Å². The zero-order valence-corrected chi connectivity index (χ0v) is 20.5. The molecule has 1 unspecified atom stereocenters. The van der Waals surface area contributed by atoms with Gasteiger partial charge in [-0.1, -0.05) is 60.2 Å². The molecule has 1 atom stereocenters. The van der Waals surface area contributed by atoms with E-state index in [1.165, 1.54) is 16.0 Å². The van der Waals surface area contributed by atoms with Crippen LogP contribution < -0.4 is 0 Å². The van der Waals surface area contributed by atoms with Crippen LogP contribution in [0, 0.1) is 6.92 Å². The Kier molecular flexibility index (Phi) is 7.29. The second-order valence-electron chi connectivity index (χ2n) is 9.05. The third-order valence-corrected chi connectivity index (χ3v) is 7.40. The summed E-state index contributed by atoms with van der Waals surface area (Å²) in [6.07, 6.45) is 1.96. The van der Waals surface area contributed by atoms with Gasteiger partial charge >= 0.3 is 0 Å². The fourth-order valence-corrected chi connectivity index (χ4v) is 5.43. The van der Waals surface area contributed by atoms with Gasteiger partial charge in [0, 0.05) is 23.9 Å². The summed E-state index contributed by atoms with van der Waals surface area (Å²) in [5, 5.41) is 2.12. The first kappa shape index (κ1) is 23.2. The Labute approximate surface area is 200 Å². The maximum absolute atomic E-state index is 13.6. The molecule has 1 aliphatic rings. The Bertz CT molecular complexity index is 1090. The number of amides is 2. The number of nitrogens with zero attached hydrogens (tertiary/aromatic N) is 2. The minimum Gasteiger partial charge on any atom is -0.331 e. The number of rotatable bonds is 7. The number of hydrogen-bond acceptors (Lipinski definition) is 3. The van der Waals surface area contributed by atoms with E-state index in [0.717, 1.165) is 17.5 Å². The molecule has 33 heavy (non-hydrogen) atoms. The van der Waals surface area contributed by atoms with E-state index in [9.17, 15) is 9.59 Å². The standard InChI is InChI=1S/C28H32N2O2S/c1-20(2)30(26(31)14-11-22-7-5-4-6-8-22)19-27(32)29-17-15-25-24(16-18-33-25)28(29)23-12-9-21(3)10-13-23/h4-10,12-13,16,18,20,28H,11,14-15,17,19H2,1-3H3. The number of carbonyl (C=O) groups is 2. The van der Waals surface area contributed by atoms with Crippen molar-refractivity contribution in [2.24, 2.45) is 0 Å². The average molecular weight is 461 g/mol. The molecule has 2 heterocycles. The summed E-state index contributed by atoms with van der Waals surface area (Å²) in [6.45, 7) is 6.84. The lowest BCUT2D eigenvalue weighted by atomic mass is 9.92. The van der Waals surface area contributed by atoms with Gasteiger partial charge in [0.1, 0.15) is 6.54 Å². The van der Waals surface area contributed by atoms with Crippen LogP contribution in [0.15, 0.2) is 66.0 Å². The average Bonchev–Trinajstić information content (AvgIpc) is 3.30. The van der Waals surface area contributed by atoms with Gasteiger partial charge in [0.15, 0.2) is 0 Å². The summed E-state index contributed by atoms with van der Waals surface area (Å²) in [5.74, 6) is 0.0431. The van der Waals surface area contributed by atoms with Gasteiger partial charge in [-0.3, -0.25) is 9.59 Å². The van der Waals surface area contributed by atoms with E-state index < -0.39 is 0 Å². The Balaban J connectivity index is 1.52. The van der Waals surface area contributed by atoms with Gasteiger partial charge in [-0.15, -0.1) is 11.3 Å². The molecule has 1 aliphatic heterocycles. The molecule has 4 nitrogen and oxygen atoms in total. The summed E-state index contributed by atoms with van der Waals surface area (Å²) in [4.78, 5) is 31.7. The largest absolute Gasteiger partial charge is 0.331 e.